The number of ether oxygens (including phenoxy) is 7. The standard InChI is InChI=1S/C23H28O11S/c1-23(30-6-7-31-23)14-10-17(29-4)21-18(11-14)32-20(19(12-24)33-21)13-8-15(27-2)22(16(9-13)28-3)34-35(5,25)26/h8-11,19-20,24H,6-7,12H2,1-5H3/t19-,20-/m0/s1. The van der Waals surface area contributed by atoms with Gasteiger partial charge in [-0.25, -0.2) is 0 Å². The maximum Gasteiger partial charge on any atom is 0.306 e. The van der Waals surface area contributed by atoms with Crippen LogP contribution in [0.4, 0.5) is 0 Å². The lowest BCUT2D eigenvalue weighted by atomic mass is 10.0. The third kappa shape index (κ3) is 4.92. The predicted octanol–water partition coefficient (Wildman–Crippen LogP) is 2.14. The molecule has 11 nitrogen and oxygen atoms in total. The van der Waals surface area contributed by atoms with Crippen molar-refractivity contribution >= 4 is 10.1 Å². The molecule has 0 bridgehead atoms. The maximum absolute atomic E-state index is 11.7. The number of fused-ring (bicyclic) bond motifs is 1. The Kier molecular flexibility index (Phi) is 6.91. The summed E-state index contributed by atoms with van der Waals surface area (Å²) in [6.07, 6.45) is -0.728. The molecule has 2 aromatic carbocycles. The van der Waals surface area contributed by atoms with Crippen LogP contribution in [-0.2, 0) is 25.4 Å². The number of hydrogen-bond acceptors (Lipinski definition) is 11. The van der Waals surface area contributed by atoms with Crippen molar-refractivity contribution in [3.63, 3.8) is 0 Å². The lowest BCUT2D eigenvalue weighted by Crippen LogP contribution is -2.36. The SMILES string of the molecule is COc1cc(C2(C)OCCO2)cc2c1O[C@@H](CO)[C@H](c1cc(OC)c(OS(C)(=O)=O)c(OC)c1)O2. The van der Waals surface area contributed by atoms with Crippen LogP contribution in [0.3, 0.4) is 0 Å². The summed E-state index contributed by atoms with van der Waals surface area (Å²) in [5.74, 6) is 0.178. The monoisotopic (exact) mass is 512 g/mol. The van der Waals surface area contributed by atoms with E-state index < -0.39 is 28.1 Å². The van der Waals surface area contributed by atoms with Crippen LogP contribution in [0.15, 0.2) is 24.3 Å². The van der Waals surface area contributed by atoms with Crippen LogP contribution >= 0.6 is 0 Å². The van der Waals surface area contributed by atoms with Crippen LogP contribution in [0, 0.1) is 0 Å². The maximum atomic E-state index is 11.7. The van der Waals surface area contributed by atoms with Crippen molar-refractivity contribution in [3.05, 3.63) is 35.4 Å². The summed E-state index contributed by atoms with van der Waals surface area (Å²) in [7, 11) is 0.373. The summed E-state index contributed by atoms with van der Waals surface area (Å²) < 4.78 is 68.7. The Hall–Kier alpha value is -2.93. The Balaban J connectivity index is 1.79. The largest absolute Gasteiger partial charge is 0.493 e. The second-order valence-electron chi connectivity index (χ2n) is 8.07. The van der Waals surface area contributed by atoms with Gasteiger partial charge in [0.1, 0.15) is 0 Å². The fourth-order valence-corrected chi connectivity index (χ4v) is 4.48. The third-order valence-corrected chi connectivity index (χ3v) is 6.16. The van der Waals surface area contributed by atoms with Gasteiger partial charge in [-0.05, 0) is 31.2 Å². The molecule has 0 aromatic heterocycles. The van der Waals surface area contributed by atoms with E-state index in [9.17, 15) is 13.5 Å². The molecular weight excluding hydrogens is 484 g/mol. The molecule has 2 aromatic rings. The number of rotatable bonds is 8. The zero-order chi connectivity index (χ0) is 25.4. The molecule has 0 radical (unpaired) electrons. The molecule has 1 saturated heterocycles. The highest BCUT2D eigenvalue weighted by molar-refractivity contribution is 7.86. The zero-order valence-corrected chi connectivity index (χ0v) is 20.8. The van der Waals surface area contributed by atoms with Crippen molar-refractivity contribution in [1.82, 2.24) is 0 Å². The van der Waals surface area contributed by atoms with Crippen LogP contribution in [0.5, 0.6) is 34.5 Å². The average molecular weight is 513 g/mol. The van der Waals surface area contributed by atoms with Crippen LogP contribution in [0.25, 0.3) is 0 Å². The number of aliphatic hydroxyl groups excluding tert-OH is 1. The van der Waals surface area contributed by atoms with E-state index in [0.717, 1.165) is 6.26 Å². The van der Waals surface area contributed by atoms with Gasteiger partial charge >= 0.3 is 10.1 Å². The fourth-order valence-electron chi connectivity index (χ4n) is 4.01. The molecule has 4 rings (SSSR count). The predicted molar refractivity (Wildman–Crippen MR) is 122 cm³/mol. The minimum atomic E-state index is -3.86. The highest BCUT2D eigenvalue weighted by Crippen LogP contribution is 2.50. The summed E-state index contributed by atoms with van der Waals surface area (Å²) in [5.41, 5.74) is 1.16. The fraction of sp³-hybridized carbons (Fsp3) is 0.478. The molecule has 2 atom stereocenters. The van der Waals surface area contributed by atoms with Crippen LogP contribution < -0.4 is 27.9 Å². The Bertz CT molecular complexity index is 1160. The molecule has 0 spiro atoms. The van der Waals surface area contributed by atoms with Gasteiger partial charge in [-0.1, -0.05) is 0 Å². The molecule has 12 heteroatoms. The molecule has 2 aliphatic heterocycles. The van der Waals surface area contributed by atoms with Gasteiger partial charge in [0.15, 0.2) is 41.0 Å². The molecule has 192 valence electrons. The minimum absolute atomic E-state index is 0.0995. The summed E-state index contributed by atoms with van der Waals surface area (Å²) in [4.78, 5) is 0. The van der Waals surface area contributed by atoms with Crippen molar-refractivity contribution in [3.8, 4) is 34.5 Å². The van der Waals surface area contributed by atoms with Gasteiger partial charge in [0, 0.05) is 11.1 Å². The highest BCUT2D eigenvalue weighted by atomic mass is 32.2. The average Bonchev–Trinajstić information content (AvgIpc) is 3.29. The molecule has 1 fully saturated rings. The number of aliphatic hydroxyl groups is 1. The van der Waals surface area contributed by atoms with Gasteiger partial charge in [-0.15, -0.1) is 0 Å². The first-order valence-electron chi connectivity index (χ1n) is 10.7. The van der Waals surface area contributed by atoms with Crippen LogP contribution in [0.2, 0.25) is 0 Å². The third-order valence-electron chi connectivity index (χ3n) is 5.69. The second-order valence-corrected chi connectivity index (χ2v) is 9.64. The van der Waals surface area contributed by atoms with Crippen molar-refractivity contribution in [1.29, 1.82) is 0 Å². The summed E-state index contributed by atoms with van der Waals surface area (Å²) in [6, 6.07) is 6.55. The topological polar surface area (TPSA) is 128 Å². The van der Waals surface area contributed by atoms with Gasteiger partial charge in [0.25, 0.3) is 0 Å². The summed E-state index contributed by atoms with van der Waals surface area (Å²) in [6.45, 7) is 2.31. The highest BCUT2D eigenvalue weighted by Gasteiger charge is 2.40. The Labute approximate surface area is 203 Å². The molecule has 0 amide bonds. The quantitative estimate of drug-likeness (QED) is 0.523. The van der Waals surface area contributed by atoms with Crippen molar-refractivity contribution in [2.75, 3.05) is 47.4 Å². The van der Waals surface area contributed by atoms with Gasteiger partial charge in [0.05, 0.1) is 47.4 Å². The number of benzene rings is 2. The molecule has 0 aliphatic carbocycles. The van der Waals surface area contributed by atoms with Gasteiger partial charge < -0.3 is 42.4 Å². The molecule has 2 heterocycles. The Morgan fingerprint density at radius 2 is 1.57 bits per heavy atom. The Morgan fingerprint density at radius 3 is 2.09 bits per heavy atom. The lowest BCUT2D eigenvalue weighted by molar-refractivity contribution is -0.150. The molecular formula is C23H28O11S. The van der Waals surface area contributed by atoms with E-state index in [4.69, 9.17) is 37.3 Å². The number of hydrogen-bond donors (Lipinski definition) is 1. The van der Waals surface area contributed by atoms with Crippen LogP contribution in [0.1, 0.15) is 24.2 Å². The molecule has 2 aliphatic rings. The van der Waals surface area contributed by atoms with E-state index in [-0.39, 0.29) is 23.9 Å². The number of methoxy groups -OCH3 is 3. The normalized spacial score (nSPS) is 20.9. The van der Waals surface area contributed by atoms with Gasteiger partial charge in [0.2, 0.25) is 11.5 Å². The Morgan fingerprint density at radius 1 is 0.971 bits per heavy atom. The van der Waals surface area contributed by atoms with E-state index in [0.29, 0.717) is 41.6 Å². The molecule has 0 saturated carbocycles. The molecule has 0 unspecified atom stereocenters. The van der Waals surface area contributed by atoms with Crippen molar-refractivity contribution in [2.24, 2.45) is 0 Å². The molecule has 1 N–H and O–H groups in total. The molecule has 35 heavy (non-hydrogen) atoms. The minimum Gasteiger partial charge on any atom is -0.493 e. The first-order chi connectivity index (χ1) is 16.6. The van der Waals surface area contributed by atoms with E-state index in [2.05, 4.69) is 0 Å². The van der Waals surface area contributed by atoms with E-state index in [1.807, 2.05) is 0 Å². The van der Waals surface area contributed by atoms with E-state index >= 15 is 0 Å². The second kappa shape index (κ2) is 9.61. The van der Waals surface area contributed by atoms with Gasteiger partial charge in [-0.2, -0.15) is 8.42 Å². The smallest absolute Gasteiger partial charge is 0.306 e. The van der Waals surface area contributed by atoms with Crippen molar-refractivity contribution in [2.45, 2.75) is 24.9 Å². The van der Waals surface area contributed by atoms with Crippen LogP contribution in [-0.4, -0.2) is 67.0 Å². The first kappa shape index (κ1) is 25.2. The van der Waals surface area contributed by atoms with Crippen molar-refractivity contribution < 1.29 is 50.9 Å². The lowest BCUT2D eigenvalue weighted by Gasteiger charge is -2.35. The first-order valence-corrected chi connectivity index (χ1v) is 12.5. The van der Waals surface area contributed by atoms with E-state index in [1.165, 1.54) is 33.5 Å². The van der Waals surface area contributed by atoms with Gasteiger partial charge in [-0.3, -0.25) is 0 Å². The summed E-state index contributed by atoms with van der Waals surface area (Å²) in [5, 5.41) is 10.1. The van der Waals surface area contributed by atoms with E-state index in [1.54, 1.807) is 19.1 Å². The summed E-state index contributed by atoms with van der Waals surface area (Å²) >= 11 is 0. The zero-order valence-electron chi connectivity index (χ0n) is 20.0.